The van der Waals surface area contributed by atoms with E-state index in [0.29, 0.717) is 33.8 Å². The van der Waals surface area contributed by atoms with Crippen LogP contribution in [0.2, 0.25) is 0 Å². The van der Waals surface area contributed by atoms with Gasteiger partial charge in [-0.1, -0.05) is 18.2 Å². The zero-order valence-corrected chi connectivity index (χ0v) is 17.6. The maximum atomic E-state index is 12.7. The van der Waals surface area contributed by atoms with Gasteiger partial charge < -0.3 is 26.9 Å². The Morgan fingerprint density at radius 1 is 0.906 bits per heavy atom. The maximum Gasteiger partial charge on any atom is 0.340 e. The fourth-order valence-electron chi connectivity index (χ4n) is 3.74. The van der Waals surface area contributed by atoms with Gasteiger partial charge in [0.2, 0.25) is 5.91 Å². The molecule has 32 heavy (non-hydrogen) atoms. The summed E-state index contributed by atoms with van der Waals surface area (Å²) in [4.78, 5) is 25.2. The molecule has 3 aromatic carbocycles. The van der Waals surface area contributed by atoms with Gasteiger partial charge in [0.1, 0.15) is 5.58 Å². The number of carbonyl (C=O) groups excluding carboxylic acids is 1. The van der Waals surface area contributed by atoms with Crippen molar-refractivity contribution in [2.45, 2.75) is 19.9 Å². The summed E-state index contributed by atoms with van der Waals surface area (Å²) in [5.41, 5.74) is 23.0. The van der Waals surface area contributed by atoms with Crippen LogP contribution in [0.1, 0.15) is 16.7 Å². The predicted molar refractivity (Wildman–Crippen MR) is 128 cm³/mol. The van der Waals surface area contributed by atoms with Gasteiger partial charge in [0, 0.05) is 35.1 Å². The monoisotopic (exact) mass is 428 g/mol. The van der Waals surface area contributed by atoms with Gasteiger partial charge in [-0.3, -0.25) is 4.79 Å². The van der Waals surface area contributed by atoms with Gasteiger partial charge in [-0.2, -0.15) is 0 Å². The molecule has 1 amide bonds. The second-order valence-corrected chi connectivity index (χ2v) is 7.74. The predicted octanol–water partition coefficient (Wildman–Crippen LogP) is 3.37. The topological polar surface area (TPSA) is 137 Å². The summed E-state index contributed by atoms with van der Waals surface area (Å²) in [7, 11) is 0. The van der Waals surface area contributed by atoms with Crippen LogP contribution in [0.5, 0.6) is 0 Å². The molecule has 4 rings (SSSR count). The standard InChI is InChI=1S/C25H24N4O3/c1-14-20-8-6-19(28)11-23(20)32-25(31)22(14)12-24(30)29-13-16-10-18(27)7-9-21(16)15-2-4-17(26)5-3-15/h2-11H,12-13,26-28H2,1H3,(H,29,30). The average Bonchev–Trinajstić information content (AvgIpc) is 2.76. The zero-order chi connectivity index (χ0) is 22.8. The second-order valence-electron chi connectivity index (χ2n) is 7.74. The Hall–Kier alpha value is -4.26. The average molecular weight is 428 g/mol. The number of benzene rings is 3. The maximum absolute atomic E-state index is 12.7. The van der Waals surface area contributed by atoms with E-state index in [2.05, 4.69) is 5.32 Å². The summed E-state index contributed by atoms with van der Waals surface area (Å²) in [6.07, 6.45) is -0.0893. The second kappa shape index (κ2) is 8.47. The summed E-state index contributed by atoms with van der Waals surface area (Å²) in [6.45, 7) is 2.06. The molecular weight excluding hydrogens is 404 g/mol. The van der Waals surface area contributed by atoms with Crippen LogP contribution in [0.3, 0.4) is 0 Å². The van der Waals surface area contributed by atoms with E-state index in [1.165, 1.54) is 0 Å². The molecule has 0 bridgehead atoms. The first-order chi connectivity index (χ1) is 15.3. The van der Waals surface area contributed by atoms with Crippen molar-refractivity contribution in [1.82, 2.24) is 5.32 Å². The lowest BCUT2D eigenvalue weighted by atomic mass is 9.98. The summed E-state index contributed by atoms with van der Waals surface area (Å²) >= 11 is 0. The van der Waals surface area contributed by atoms with E-state index in [0.717, 1.165) is 22.1 Å². The first kappa shape index (κ1) is 21.0. The number of anilines is 3. The molecule has 162 valence electrons. The number of aryl methyl sites for hydroxylation is 1. The molecule has 0 saturated carbocycles. The van der Waals surface area contributed by atoms with Crippen LogP contribution in [0.15, 0.2) is 69.9 Å². The molecule has 1 heterocycles. The van der Waals surface area contributed by atoms with E-state index in [1.807, 2.05) is 42.5 Å². The molecule has 0 fully saturated rings. The minimum Gasteiger partial charge on any atom is -0.422 e. The molecule has 1 aromatic heterocycles. The van der Waals surface area contributed by atoms with Gasteiger partial charge in [-0.25, -0.2) is 4.79 Å². The largest absolute Gasteiger partial charge is 0.422 e. The molecule has 0 unspecified atom stereocenters. The third-order valence-electron chi connectivity index (χ3n) is 5.48. The number of rotatable bonds is 5. The Balaban J connectivity index is 1.55. The van der Waals surface area contributed by atoms with Crippen LogP contribution in [0.25, 0.3) is 22.1 Å². The smallest absolute Gasteiger partial charge is 0.340 e. The van der Waals surface area contributed by atoms with Crippen molar-refractivity contribution in [3.05, 3.63) is 87.8 Å². The summed E-state index contributed by atoms with van der Waals surface area (Å²) in [5, 5.41) is 3.64. The normalized spacial score (nSPS) is 10.9. The molecule has 0 aliphatic heterocycles. The Bertz CT molecular complexity index is 1370. The Morgan fingerprint density at radius 3 is 2.31 bits per heavy atom. The number of nitrogen functional groups attached to an aromatic ring is 3. The number of hydrogen-bond donors (Lipinski definition) is 4. The Kier molecular flexibility index (Phi) is 5.55. The van der Waals surface area contributed by atoms with Crippen molar-refractivity contribution < 1.29 is 9.21 Å². The number of nitrogens with two attached hydrogens (primary N) is 3. The van der Waals surface area contributed by atoms with Crippen molar-refractivity contribution in [2.24, 2.45) is 0 Å². The van der Waals surface area contributed by atoms with Crippen molar-refractivity contribution in [1.29, 1.82) is 0 Å². The lowest BCUT2D eigenvalue weighted by molar-refractivity contribution is -0.120. The first-order valence-electron chi connectivity index (χ1n) is 10.1. The fourth-order valence-corrected chi connectivity index (χ4v) is 3.74. The number of fused-ring (bicyclic) bond motifs is 1. The Labute approximate surface area is 184 Å². The molecule has 7 nitrogen and oxygen atoms in total. The van der Waals surface area contributed by atoms with Crippen molar-refractivity contribution in [2.75, 3.05) is 17.2 Å². The van der Waals surface area contributed by atoms with Crippen LogP contribution < -0.4 is 28.1 Å². The fraction of sp³-hybridized carbons (Fsp3) is 0.120. The summed E-state index contributed by atoms with van der Waals surface area (Å²) < 4.78 is 5.38. The van der Waals surface area contributed by atoms with Crippen LogP contribution in [-0.2, 0) is 17.8 Å². The summed E-state index contributed by atoms with van der Waals surface area (Å²) in [6, 6.07) is 18.2. The number of nitrogens with one attached hydrogen (secondary N) is 1. The molecule has 0 saturated heterocycles. The molecule has 0 aliphatic carbocycles. The number of carbonyl (C=O) groups is 1. The molecule has 0 spiro atoms. The molecule has 0 radical (unpaired) electrons. The van der Waals surface area contributed by atoms with Gasteiger partial charge >= 0.3 is 5.63 Å². The Morgan fingerprint density at radius 2 is 1.56 bits per heavy atom. The highest BCUT2D eigenvalue weighted by Gasteiger charge is 2.16. The number of hydrogen-bond acceptors (Lipinski definition) is 6. The zero-order valence-electron chi connectivity index (χ0n) is 17.6. The van der Waals surface area contributed by atoms with E-state index in [4.69, 9.17) is 21.6 Å². The van der Waals surface area contributed by atoms with E-state index in [-0.39, 0.29) is 18.9 Å². The van der Waals surface area contributed by atoms with Crippen LogP contribution >= 0.6 is 0 Å². The lowest BCUT2D eigenvalue weighted by Gasteiger charge is -2.13. The third-order valence-corrected chi connectivity index (χ3v) is 5.48. The first-order valence-corrected chi connectivity index (χ1v) is 10.1. The minimum atomic E-state index is -0.540. The summed E-state index contributed by atoms with van der Waals surface area (Å²) in [5.74, 6) is -0.291. The third kappa shape index (κ3) is 4.27. The van der Waals surface area contributed by atoms with Gasteiger partial charge in [0.25, 0.3) is 0 Å². The van der Waals surface area contributed by atoms with Gasteiger partial charge in [-0.05, 0) is 65.6 Å². The van der Waals surface area contributed by atoms with Gasteiger partial charge in [-0.15, -0.1) is 0 Å². The van der Waals surface area contributed by atoms with Gasteiger partial charge in [0.05, 0.1) is 12.0 Å². The molecule has 0 aliphatic rings. The van der Waals surface area contributed by atoms with Crippen LogP contribution in [0, 0.1) is 6.92 Å². The minimum absolute atomic E-state index is 0.0893. The highest BCUT2D eigenvalue weighted by Crippen LogP contribution is 2.27. The molecule has 4 aromatic rings. The highest BCUT2D eigenvalue weighted by molar-refractivity contribution is 5.86. The molecule has 7 N–H and O–H groups in total. The molecule has 0 atom stereocenters. The van der Waals surface area contributed by atoms with Crippen molar-refractivity contribution in [3.8, 4) is 11.1 Å². The highest BCUT2D eigenvalue weighted by atomic mass is 16.4. The lowest BCUT2D eigenvalue weighted by Crippen LogP contribution is -2.27. The van der Waals surface area contributed by atoms with Crippen molar-refractivity contribution >= 4 is 33.9 Å². The van der Waals surface area contributed by atoms with Crippen LogP contribution in [-0.4, -0.2) is 5.91 Å². The van der Waals surface area contributed by atoms with Gasteiger partial charge in [0.15, 0.2) is 0 Å². The van der Waals surface area contributed by atoms with E-state index >= 15 is 0 Å². The van der Waals surface area contributed by atoms with Crippen LogP contribution in [0.4, 0.5) is 17.1 Å². The SMILES string of the molecule is Cc1c(CC(=O)NCc2cc(N)ccc2-c2ccc(N)cc2)c(=O)oc2cc(N)ccc12. The van der Waals surface area contributed by atoms with Crippen molar-refractivity contribution in [3.63, 3.8) is 0 Å². The van der Waals surface area contributed by atoms with E-state index in [9.17, 15) is 9.59 Å². The van der Waals surface area contributed by atoms with E-state index in [1.54, 1.807) is 25.1 Å². The number of amides is 1. The molecular formula is C25H24N4O3. The molecule has 7 heteroatoms. The quantitative estimate of drug-likeness (QED) is 0.284. The van der Waals surface area contributed by atoms with E-state index < -0.39 is 5.63 Å².